The summed E-state index contributed by atoms with van der Waals surface area (Å²) in [5, 5.41) is 11.7. The van der Waals surface area contributed by atoms with Crippen molar-refractivity contribution in [3.05, 3.63) is 0 Å². The van der Waals surface area contributed by atoms with Gasteiger partial charge in [0.05, 0.1) is 5.54 Å². The molecule has 0 radical (unpaired) electrons. The second-order valence-electron chi connectivity index (χ2n) is 4.58. The maximum atomic E-state index is 12.1. The van der Waals surface area contributed by atoms with Gasteiger partial charge in [0.15, 0.2) is 5.78 Å². The highest BCUT2D eigenvalue weighted by Gasteiger charge is 2.56. The predicted molar refractivity (Wildman–Crippen MR) is 59.9 cm³/mol. The van der Waals surface area contributed by atoms with E-state index in [0.29, 0.717) is 19.3 Å². The van der Waals surface area contributed by atoms with Gasteiger partial charge in [0, 0.05) is 6.42 Å². The summed E-state index contributed by atoms with van der Waals surface area (Å²) in [5.74, 6) is 0.207. The highest BCUT2D eigenvalue weighted by atomic mass is 16.5. The average Bonchev–Trinajstić information content (AvgIpc) is 2.48. The molecule has 0 atom stereocenters. The highest BCUT2D eigenvalue weighted by molar-refractivity contribution is 5.91. The molecular weight excluding hydrogens is 190 g/mol. The Kier molecular flexibility index (Phi) is 3.56. The van der Waals surface area contributed by atoms with E-state index in [1.165, 1.54) is 5.06 Å². The van der Waals surface area contributed by atoms with E-state index in [4.69, 9.17) is 0 Å². The standard InChI is InChI=1S/C12H23NO2/c1-5-11(6-2)9-10(14)12(7-3,8-4)13(11)15/h15H,5-9H2,1-4H3. The number of ketones is 1. The van der Waals surface area contributed by atoms with Crippen molar-refractivity contribution in [2.24, 2.45) is 0 Å². The largest absolute Gasteiger partial charge is 0.312 e. The van der Waals surface area contributed by atoms with Gasteiger partial charge in [-0.3, -0.25) is 4.79 Å². The summed E-state index contributed by atoms with van der Waals surface area (Å²) in [5.41, 5.74) is -0.935. The van der Waals surface area contributed by atoms with Crippen LogP contribution < -0.4 is 0 Å². The van der Waals surface area contributed by atoms with Crippen molar-refractivity contribution in [2.45, 2.75) is 70.9 Å². The molecule has 88 valence electrons. The maximum Gasteiger partial charge on any atom is 0.157 e. The molecule has 0 bridgehead atoms. The molecule has 1 aliphatic rings. The third kappa shape index (κ3) is 1.53. The SMILES string of the molecule is CCC1(CC)CC(=O)C(CC)(CC)N1O. The summed E-state index contributed by atoms with van der Waals surface area (Å²) < 4.78 is 0. The second-order valence-corrected chi connectivity index (χ2v) is 4.58. The van der Waals surface area contributed by atoms with Crippen molar-refractivity contribution < 1.29 is 10.0 Å². The summed E-state index contributed by atoms with van der Waals surface area (Å²) in [7, 11) is 0. The molecule has 1 aliphatic heterocycles. The fraction of sp³-hybridized carbons (Fsp3) is 0.917. The third-order valence-corrected chi connectivity index (χ3v) is 4.35. The lowest BCUT2D eigenvalue weighted by molar-refractivity contribution is -0.214. The number of nitrogens with zero attached hydrogens (tertiary/aromatic N) is 1. The molecule has 0 saturated carbocycles. The van der Waals surface area contributed by atoms with Crippen molar-refractivity contribution in [1.82, 2.24) is 5.06 Å². The quantitative estimate of drug-likeness (QED) is 0.780. The molecule has 0 aromatic carbocycles. The molecule has 0 aliphatic carbocycles. The fourth-order valence-corrected chi connectivity index (χ4v) is 2.85. The lowest BCUT2D eigenvalue weighted by Crippen LogP contribution is -2.52. The van der Waals surface area contributed by atoms with E-state index in [9.17, 15) is 10.0 Å². The zero-order valence-electron chi connectivity index (χ0n) is 10.3. The van der Waals surface area contributed by atoms with Gasteiger partial charge >= 0.3 is 0 Å². The molecule has 0 aromatic heterocycles. The molecule has 1 heterocycles. The van der Waals surface area contributed by atoms with Gasteiger partial charge in [-0.2, -0.15) is 5.06 Å². The Bertz CT molecular complexity index is 242. The number of carbonyl (C=O) groups excluding carboxylic acids is 1. The van der Waals surface area contributed by atoms with Crippen LogP contribution in [0.5, 0.6) is 0 Å². The van der Waals surface area contributed by atoms with Crippen molar-refractivity contribution in [3.63, 3.8) is 0 Å². The van der Waals surface area contributed by atoms with Crippen molar-refractivity contribution >= 4 is 5.78 Å². The Balaban J connectivity index is 3.10. The van der Waals surface area contributed by atoms with Crippen LogP contribution in [0.2, 0.25) is 0 Å². The Hall–Kier alpha value is -0.410. The minimum atomic E-state index is -0.619. The van der Waals surface area contributed by atoms with Crippen LogP contribution in [0.25, 0.3) is 0 Å². The summed E-state index contributed by atoms with van der Waals surface area (Å²) in [6, 6.07) is 0. The van der Waals surface area contributed by atoms with E-state index >= 15 is 0 Å². The van der Waals surface area contributed by atoms with Crippen LogP contribution in [-0.4, -0.2) is 27.1 Å². The van der Waals surface area contributed by atoms with E-state index in [0.717, 1.165) is 12.8 Å². The van der Waals surface area contributed by atoms with Crippen LogP contribution in [0.4, 0.5) is 0 Å². The van der Waals surface area contributed by atoms with Crippen LogP contribution in [0.15, 0.2) is 0 Å². The molecule has 0 aromatic rings. The first-order chi connectivity index (χ1) is 7.03. The first-order valence-electron chi connectivity index (χ1n) is 6.05. The second kappa shape index (κ2) is 4.22. The molecule has 3 nitrogen and oxygen atoms in total. The summed E-state index contributed by atoms with van der Waals surface area (Å²) >= 11 is 0. The topological polar surface area (TPSA) is 40.5 Å². The fourth-order valence-electron chi connectivity index (χ4n) is 2.85. The molecule has 1 saturated heterocycles. The van der Waals surface area contributed by atoms with Crippen LogP contribution in [0.1, 0.15) is 59.8 Å². The number of hydrogen-bond acceptors (Lipinski definition) is 3. The molecule has 15 heavy (non-hydrogen) atoms. The lowest BCUT2D eigenvalue weighted by Gasteiger charge is -2.40. The molecular formula is C12H23NO2. The summed E-state index contributed by atoms with van der Waals surface area (Å²) in [4.78, 5) is 12.1. The van der Waals surface area contributed by atoms with E-state index in [1.54, 1.807) is 0 Å². The first kappa shape index (κ1) is 12.7. The minimum absolute atomic E-state index is 0.207. The molecule has 3 heteroatoms. The Morgan fingerprint density at radius 1 is 1.13 bits per heavy atom. The Morgan fingerprint density at radius 2 is 1.60 bits per heavy atom. The van der Waals surface area contributed by atoms with Crippen molar-refractivity contribution in [1.29, 1.82) is 0 Å². The van der Waals surface area contributed by atoms with Crippen molar-refractivity contribution in [3.8, 4) is 0 Å². The van der Waals surface area contributed by atoms with Gasteiger partial charge in [0.1, 0.15) is 5.54 Å². The van der Waals surface area contributed by atoms with Gasteiger partial charge in [-0.1, -0.05) is 27.7 Å². The lowest BCUT2D eigenvalue weighted by atomic mass is 9.88. The van der Waals surface area contributed by atoms with Crippen LogP contribution in [0, 0.1) is 0 Å². The predicted octanol–water partition coefficient (Wildman–Crippen LogP) is 2.77. The molecule has 1 N–H and O–H groups in total. The highest BCUT2D eigenvalue weighted by Crippen LogP contribution is 2.44. The van der Waals surface area contributed by atoms with E-state index in [2.05, 4.69) is 0 Å². The number of hydrogen-bond donors (Lipinski definition) is 1. The van der Waals surface area contributed by atoms with E-state index in [-0.39, 0.29) is 11.3 Å². The Labute approximate surface area is 92.4 Å². The molecule has 1 rings (SSSR count). The summed E-state index contributed by atoms with van der Waals surface area (Å²) in [6.45, 7) is 8.04. The number of hydroxylamine groups is 2. The third-order valence-electron chi connectivity index (χ3n) is 4.35. The van der Waals surface area contributed by atoms with Gasteiger partial charge in [-0.15, -0.1) is 0 Å². The minimum Gasteiger partial charge on any atom is -0.312 e. The van der Waals surface area contributed by atoms with Crippen LogP contribution in [0.3, 0.4) is 0 Å². The van der Waals surface area contributed by atoms with Gasteiger partial charge in [0.2, 0.25) is 0 Å². The normalized spacial score (nSPS) is 24.7. The van der Waals surface area contributed by atoms with Crippen molar-refractivity contribution in [2.75, 3.05) is 0 Å². The van der Waals surface area contributed by atoms with E-state index in [1.807, 2.05) is 27.7 Å². The van der Waals surface area contributed by atoms with Gasteiger partial charge < -0.3 is 5.21 Å². The van der Waals surface area contributed by atoms with Gasteiger partial charge in [-0.25, -0.2) is 0 Å². The number of carbonyl (C=O) groups is 1. The number of Topliss-reactive ketones (excluding diaryl/α,β-unsaturated/α-hetero) is 1. The van der Waals surface area contributed by atoms with Gasteiger partial charge in [0.25, 0.3) is 0 Å². The summed E-state index contributed by atoms with van der Waals surface area (Å²) in [6.07, 6.45) is 3.54. The first-order valence-corrected chi connectivity index (χ1v) is 6.05. The maximum absolute atomic E-state index is 12.1. The van der Waals surface area contributed by atoms with Gasteiger partial charge in [-0.05, 0) is 25.7 Å². The monoisotopic (exact) mass is 213 g/mol. The number of rotatable bonds is 4. The smallest absolute Gasteiger partial charge is 0.157 e. The van der Waals surface area contributed by atoms with Crippen LogP contribution >= 0.6 is 0 Å². The van der Waals surface area contributed by atoms with E-state index < -0.39 is 5.54 Å². The zero-order chi connectivity index (χ0) is 11.7. The molecule has 0 amide bonds. The average molecular weight is 213 g/mol. The molecule has 0 unspecified atom stereocenters. The molecule has 1 fully saturated rings. The molecule has 0 spiro atoms. The van der Waals surface area contributed by atoms with Crippen LogP contribution in [-0.2, 0) is 4.79 Å². The zero-order valence-corrected chi connectivity index (χ0v) is 10.3. The Morgan fingerprint density at radius 3 is 1.80 bits per heavy atom.